The summed E-state index contributed by atoms with van der Waals surface area (Å²) in [5, 5.41) is 12.0. The molecule has 0 spiro atoms. The lowest BCUT2D eigenvalue weighted by Gasteiger charge is -2.22. The van der Waals surface area contributed by atoms with Crippen molar-refractivity contribution in [2.45, 2.75) is 12.5 Å². The van der Waals surface area contributed by atoms with Crippen LogP contribution in [-0.2, 0) is 0 Å². The van der Waals surface area contributed by atoms with Gasteiger partial charge in [0.15, 0.2) is 5.75 Å². The number of carbonyl (C=O) groups is 1. The molecule has 3 aromatic heterocycles. The maximum absolute atomic E-state index is 12.8. The van der Waals surface area contributed by atoms with E-state index in [2.05, 4.69) is 30.4 Å². The molecule has 10 heteroatoms. The zero-order chi connectivity index (χ0) is 24.6. The van der Waals surface area contributed by atoms with Crippen molar-refractivity contribution in [3.05, 3.63) is 78.2 Å². The third-order valence-corrected chi connectivity index (χ3v) is 6.02. The number of nitrogens with one attached hydrogen (secondary N) is 1. The number of aromatic nitrogens is 4. The van der Waals surface area contributed by atoms with Gasteiger partial charge in [-0.1, -0.05) is 41.7 Å². The normalized spacial score (nSPS) is 11.8. The zero-order valence-corrected chi connectivity index (χ0v) is 20.5. The number of amides is 1. The Morgan fingerprint density at radius 2 is 1.89 bits per heavy atom. The minimum absolute atomic E-state index is 0.215. The van der Waals surface area contributed by atoms with Gasteiger partial charge in [-0.15, -0.1) is 10.2 Å². The Kier molecular flexibility index (Phi) is 7.96. The van der Waals surface area contributed by atoms with Crippen molar-refractivity contribution >= 4 is 22.4 Å². The van der Waals surface area contributed by atoms with Crippen molar-refractivity contribution in [2.24, 2.45) is 0 Å². The van der Waals surface area contributed by atoms with Gasteiger partial charge in [-0.3, -0.25) is 15.1 Å². The molecule has 1 N–H and O–H groups in total. The van der Waals surface area contributed by atoms with Crippen LogP contribution in [0.1, 0.15) is 28.4 Å². The number of benzene rings is 1. The smallest absolute Gasteiger partial charge is 0.259 e. The van der Waals surface area contributed by atoms with Crippen molar-refractivity contribution in [1.29, 1.82) is 0 Å². The van der Waals surface area contributed by atoms with Gasteiger partial charge in [0, 0.05) is 43.2 Å². The third-order valence-electron chi connectivity index (χ3n) is 5.14. The molecule has 9 nitrogen and oxygen atoms in total. The lowest BCUT2D eigenvalue weighted by molar-refractivity contribution is 0.102. The molecule has 0 saturated carbocycles. The molecule has 0 fully saturated rings. The highest BCUT2D eigenvalue weighted by Crippen LogP contribution is 2.32. The SMILES string of the molecule is COc1cc(C(=O)Nc2nnc(-c3ccncc3)s2)cnc1OC(CCN(C)C)c1ccccc1. The summed E-state index contributed by atoms with van der Waals surface area (Å²) in [5.74, 6) is 0.331. The number of methoxy groups -OCH3 is 1. The minimum atomic E-state index is -0.369. The van der Waals surface area contributed by atoms with Crippen LogP contribution >= 0.6 is 11.3 Å². The van der Waals surface area contributed by atoms with Gasteiger partial charge in [-0.2, -0.15) is 0 Å². The van der Waals surface area contributed by atoms with E-state index in [1.165, 1.54) is 24.6 Å². The molecule has 0 aliphatic heterocycles. The van der Waals surface area contributed by atoms with Gasteiger partial charge in [0.05, 0.1) is 12.7 Å². The number of anilines is 1. The fourth-order valence-electron chi connectivity index (χ4n) is 3.32. The van der Waals surface area contributed by atoms with E-state index in [0.717, 1.165) is 24.1 Å². The first kappa shape index (κ1) is 24.2. The average Bonchev–Trinajstić information content (AvgIpc) is 3.36. The molecule has 1 unspecified atom stereocenters. The summed E-state index contributed by atoms with van der Waals surface area (Å²) in [6.45, 7) is 0.839. The molecule has 1 amide bonds. The number of pyridine rings is 2. The first-order valence-corrected chi connectivity index (χ1v) is 11.8. The third kappa shape index (κ3) is 6.37. The van der Waals surface area contributed by atoms with E-state index in [9.17, 15) is 4.79 Å². The summed E-state index contributed by atoms with van der Waals surface area (Å²) in [7, 11) is 5.56. The Labute approximate surface area is 207 Å². The Morgan fingerprint density at radius 1 is 1.11 bits per heavy atom. The molecule has 0 aliphatic rings. The summed E-state index contributed by atoms with van der Waals surface area (Å²) in [6, 6.07) is 15.3. The fraction of sp³-hybridized carbons (Fsp3) is 0.240. The van der Waals surface area contributed by atoms with Crippen molar-refractivity contribution in [3.63, 3.8) is 0 Å². The molecule has 0 radical (unpaired) electrons. The van der Waals surface area contributed by atoms with E-state index in [4.69, 9.17) is 9.47 Å². The first-order valence-electron chi connectivity index (χ1n) is 11.0. The Balaban J connectivity index is 1.49. The molecule has 35 heavy (non-hydrogen) atoms. The van der Waals surface area contributed by atoms with E-state index in [1.54, 1.807) is 18.5 Å². The highest BCUT2D eigenvalue weighted by molar-refractivity contribution is 7.18. The van der Waals surface area contributed by atoms with Crippen molar-refractivity contribution < 1.29 is 14.3 Å². The van der Waals surface area contributed by atoms with Crippen LogP contribution in [0.2, 0.25) is 0 Å². The zero-order valence-electron chi connectivity index (χ0n) is 19.7. The molecule has 0 bridgehead atoms. The van der Waals surface area contributed by atoms with Gasteiger partial charge >= 0.3 is 0 Å². The second kappa shape index (κ2) is 11.5. The Hall–Kier alpha value is -3.89. The maximum atomic E-state index is 12.8. The number of carbonyl (C=O) groups excluding carboxylic acids is 1. The number of hydrogen-bond acceptors (Lipinski definition) is 9. The minimum Gasteiger partial charge on any atom is -0.491 e. The molecule has 1 atom stereocenters. The standard InChI is InChI=1S/C25H26N6O3S/c1-31(2)14-11-20(17-7-5-4-6-8-17)34-23-21(33-3)15-19(16-27-23)22(32)28-25-30-29-24(35-25)18-9-12-26-13-10-18/h4-10,12-13,15-16,20H,11,14H2,1-3H3,(H,28,30,32). The van der Waals surface area contributed by atoms with Crippen LogP contribution in [0.15, 0.2) is 67.1 Å². The molecule has 4 rings (SSSR count). The van der Waals surface area contributed by atoms with E-state index in [1.807, 2.05) is 56.6 Å². The van der Waals surface area contributed by atoms with Gasteiger partial charge in [-0.05, 0) is 31.8 Å². The second-order valence-electron chi connectivity index (χ2n) is 7.94. The van der Waals surface area contributed by atoms with Gasteiger partial charge < -0.3 is 14.4 Å². The number of rotatable bonds is 10. The van der Waals surface area contributed by atoms with Crippen molar-refractivity contribution in [3.8, 4) is 22.2 Å². The average molecular weight is 491 g/mol. The number of hydrogen-bond donors (Lipinski definition) is 1. The van der Waals surface area contributed by atoms with Gasteiger partial charge in [0.2, 0.25) is 5.13 Å². The van der Waals surface area contributed by atoms with Crippen LogP contribution in [0.5, 0.6) is 11.6 Å². The maximum Gasteiger partial charge on any atom is 0.259 e. The second-order valence-corrected chi connectivity index (χ2v) is 8.92. The Bertz CT molecular complexity index is 1250. The lowest BCUT2D eigenvalue weighted by Crippen LogP contribution is -2.19. The van der Waals surface area contributed by atoms with Crippen LogP contribution in [0, 0.1) is 0 Å². The molecule has 0 saturated heterocycles. The van der Waals surface area contributed by atoms with E-state index in [-0.39, 0.29) is 12.0 Å². The van der Waals surface area contributed by atoms with Crippen molar-refractivity contribution in [2.75, 3.05) is 33.1 Å². The molecule has 1 aromatic carbocycles. The first-order chi connectivity index (χ1) is 17.0. The number of nitrogens with zero attached hydrogens (tertiary/aromatic N) is 5. The topological polar surface area (TPSA) is 102 Å². The van der Waals surface area contributed by atoms with Gasteiger partial charge in [0.1, 0.15) is 11.1 Å². The van der Waals surface area contributed by atoms with Gasteiger partial charge in [-0.25, -0.2) is 4.98 Å². The molecular weight excluding hydrogens is 464 g/mol. The lowest BCUT2D eigenvalue weighted by atomic mass is 10.1. The largest absolute Gasteiger partial charge is 0.491 e. The molecule has 3 heterocycles. The molecule has 4 aromatic rings. The highest BCUT2D eigenvalue weighted by Gasteiger charge is 2.20. The quantitative estimate of drug-likeness (QED) is 0.351. The monoisotopic (exact) mass is 490 g/mol. The number of ether oxygens (including phenoxy) is 2. The van der Waals surface area contributed by atoms with Crippen LogP contribution in [-0.4, -0.2) is 58.7 Å². The van der Waals surface area contributed by atoms with E-state index < -0.39 is 0 Å². The van der Waals surface area contributed by atoms with Crippen molar-refractivity contribution in [1.82, 2.24) is 25.1 Å². The summed E-state index contributed by atoms with van der Waals surface area (Å²) < 4.78 is 11.8. The van der Waals surface area contributed by atoms with Gasteiger partial charge in [0.25, 0.3) is 11.8 Å². The van der Waals surface area contributed by atoms with Crippen LogP contribution in [0.4, 0.5) is 5.13 Å². The Morgan fingerprint density at radius 3 is 2.60 bits per heavy atom. The predicted molar refractivity (Wildman–Crippen MR) is 135 cm³/mol. The summed E-state index contributed by atoms with van der Waals surface area (Å²) >= 11 is 1.27. The van der Waals surface area contributed by atoms with Crippen LogP contribution in [0.3, 0.4) is 0 Å². The summed E-state index contributed by atoms with van der Waals surface area (Å²) in [4.78, 5) is 23.3. The van der Waals surface area contributed by atoms with E-state index >= 15 is 0 Å². The summed E-state index contributed by atoms with van der Waals surface area (Å²) in [6.07, 6.45) is 5.37. The highest BCUT2D eigenvalue weighted by atomic mass is 32.1. The molecular formula is C25H26N6O3S. The van der Waals surface area contributed by atoms with Crippen LogP contribution < -0.4 is 14.8 Å². The fourth-order valence-corrected chi connectivity index (χ4v) is 4.06. The predicted octanol–water partition coefficient (Wildman–Crippen LogP) is 4.33. The van der Waals surface area contributed by atoms with E-state index in [0.29, 0.717) is 27.3 Å². The summed E-state index contributed by atoms with van der Waals surface area (Å²) in [5.41, 5.74) is 2.24. The van der Waals surface area contributed by atoms with Crippen LogP contribution in [0.25, 0.3) is 10.6 Å². The molecule has 180 valence electrons. The molecule has 0 aliphatic carbocycles.